The number of aliphatic hydroxyl groups excluding tert-OH is 1. The Morgan fingerprint density at radius 2 is 1.61 bits per heavy atom. The molecule has 1 atom stereocenters. The first-order valence-electron chi connectivity index (χ1n) is 6.96. The van der Waals surface area contributed by atoms with Gasteiger partial charge in [-0.2, -0.15) is 0 Å². The minimum atomic E-state index is -0.298. The quantitative estimate of drug-likeness (QED) is 0.778. The molecular weight excluding hydrogens is 222 g/mol. The predicted octanol–water partition coefficient (Wildman–Crippen LogP) is 2.96. The fraction of sp³-hybridized carbons (Fsp3) is 0.625. The van der Waals surface area contributed by atoms with Crippen LogP contribution in [0.5, 0.6) is 0 Å². The van der Waals surface area contributed by atoms with Gasteiger partial charge in [0, 0.05) is 6.54 Å². The number of hydrogen-bond acceptors (Lipinski definition) is 2. The van der Waals surface area contributed by atoms with Crippen molar-refractivity contribution < 1.29 is 5.11 Å². The maximum absolute atomic E-state index is 9.93. The summed E-state index contributed by atoms with van der Waals surface area (Å²) in [7, 11) is 0. The van der Waals surface area contributed by atoms with Gasteiger partial charge < -0.3 is 10.4 Å². The van der Waals surface area contributed by atoms with E-state index in [1.807, 2.05) is 0 Å². The maximum atomic E-state index is 9.93. The molecule has 2 heteroatoms. The molecule has 1 unspecified atom stereocenters. The largest absolute Gasteiger partial charge is 0.391 e. The molecule has 0 aliphatic carbocycles. The lowest BCUT2D eigenvalue weighted by Gasteiger charge is -2.14. The molecule has 0 saturated carbocycles. The van der Waals surface area contributed by atoms with Crippen LogP contribution in [-0.4, -0.2) is 24.3 Å². The Morgan fingerprint density at radius 1 is 1.00 bits per heavy atom. The molecule has 0 heterocycles. The monoisotopic (exact) mass is 249 g/mol. The molecule has 2 nitrogen and oxygen atoms in total. The van der Waals surface area contributed by atoms with E-state index in [2.05, 4.69) is 57.3 Å². The maximum Gasteiger partial charge on any atom is 0.0704 e. The van der Waals surface area contributed by atoms with Gasteiger partial charge in [-0.1, -0.05) is 52.0 Å². The van der Waals surface area contributed by atoms with E-state index in [1.54, 1.807) is 0 Å². The average molecular weight is 249 g/mol. The van der Waals surface area contributed by atoms with Gasteiger partial charge in [-0.3, -0.25) is 0 Å². The standard InChI is InChI=1S/C16H27NO/c1-12(2)10-17-11-16(18)9-14-5-7-15(8-6-14)13(3)4/h5-8,12-13,16-18H,9-11H2,1-4H3. The van der Waals surface area contributed by atoms with Crippen LogP contribution in [0.15, 0.2) is 24.3 Å². The highest BCUT2D eigenvalue weighted by atomic mass is 16.3. The fourth-order valence-electron chi connectivity index (χ4n) is 1.92. The first kappa shape index (κ1) is 15.2. The van der Waals surface area contributed by atoms with Gasteiger partial charge in [0.2, 0.25) is 0 Å². The summed E-state index contributed by atoms with van der Waals surface area (Å²) in [6.45, 7) is 10.4. The summed E-state index contributed by atoms with van der Waals surface area (Å²) in [6.07, 6.45) is 0.428. The Kier molecular flexibility index (Phi) is 6.37. The normalized spacial score (nSPS) is 13.3. The van der Waals surface area contributed by atoms with Gasteiger partial charge in [-0.05, 0) is 35.9 Å². The average Bonchev–Trinajstić information content (AvgIpc) is 2.29. The molecule has 102 valence electrons. The van der Waals surface area contributed by atoms with Crippen LogP contribution in [-0.2, 0) is 6.42 Å². The van der Waals surface area contributed by atoms with Gasteiger partial charge >= 0.3 is 0 Å². The molecule has 2 N–H and O–H groups in total. The Balaban J connectivity index is 2.37. The summed E-state index contributed by atoms with van der Waals surface area (Å²) in [5, 5.41) is 13.2. The van der Waals surface area contributed by atoms with Crippen molar-refractivity contribution in [2.24, 2.45) is 5.92 Å². The second kappa shape index (κ2) is 7.55. The number of rotatable bonds is 7. The molecule has 18 heavy (non-hydrogen) atoms. The lowest BCUT2D eigenvalue weighted by atomic mass is 10.00. The van der Waals surface area contributed by atoms with Crippen LogP contribution in [0.2, 0.25) is 0 Å². The zero-order valence-corrected chi connectivity index (χ0v) is 12.1. The second-order valence-corrected chi connectivity index (χ2v) is 5.81. The summed E-state index contributed by atoms with van der Waals surface area (Å²) >= 11 is 0. The zero-order chi connectivity index (χ0) is 13.5. The van der Waals surface area contributed by atoms with Crippen molar-refractivity contribution in [1.82, 2.24) is 5.32 Å². The lowest BCUT2D eigenvalue weighted by molar-refractivity contribution is 0.170. The highest BCUT2D eigenvalue weighted by Crippen LogP contribution is 2.15. The fourth-order valence-corrected chi connectivity index (χ4v) is 1.92. The number of benzene rings is 1. The van der Waals surface area contributed by atoms with E-state index in [0.29, 0.717) is 18.4 Å². The van der Waals surface area contributed by atoms with Crippen LogP contribution in [0.3, 0.4) is 0 Å². The van der Waals surface area contributed by atoms with Crippen molar-refractivity contribution in [3.05, 3.63) is 35.4 Å². The van der Waals surface area contributed by atoms with E-state index in [1.165, 1.54) is 11.1 Å². The number of aliphatic hydroxyl groups is 1. The first-order valence-corrected chi connectivity index (χ1v) is 6.96. The third kappa shape index (κ3) is 5.65. The van der Waals surface area contributed by atoms with E-state index >= 15 is 0 Å². The smallest absolute Gasteiger partial charge is 0.0704 e. The summed E-state index contributed by atoms with van der Waals surface area (Å²) in [4.78, 5) is 0. The molecule has 0 radical (unpaired) electrons. The van der Waals surface area contributed by atoms with E-state index in [9.17, 15) is 5.11 Å². The van der Waals surface area contributed by atoms with Crippen LogP contribution in [0.4, 0.5) is 0 Å². The molecule has 1 aromatic carbocycles. The molecule has 0 bridgehead atoms. The highest BCUT2D eigenvalue weighted by molar-refractivity contribution is 5.25. The summed E-state index contributed by atoms with van der Waals surface area (Å²) in [5.74, 6) is 1.19. The van der Waals surface area contributed by atoms with Crippen LogP contribution in [0.25, 0.3) is 0 Å². The first-order chi connectivity index (χ1) is 8.49. The predicted molar refractivity (Wildman–Crippen MR) is 77.9 cm³/mol. The minimum absolute atomic E-state index is 0.298. The summed E-state index contributed by atoms with van der Waals surface area (Å²) in [5.41, 5.74) is 2.56. The molecular formula is C16H27NO. The van der Waals surface area contributed by atoms with E-state index in [0.717, 1.165) is 13.0 Å². The second-order valence-electron chi connectivity index (χ2n) is 5.81. The van der Waals surface area contributed by atoms with Crippen molar-refractivity contribution in [2.45, 2.75) is 46.1 Å². The van der Waals surface area contributed by atoms with Crippen molar-refractivity contribution in [1.29, 1.82) is 0 Å². The molecule has 0 aromatic heterocycles. The Hall–Kier alpha value is -0.860. The SMILES string of the molecule is CC(C)CNCC(O)Cc1ccc(C(C)C)cc1. The van der Waals surface area contributed by atoms with Crippen molar-refractivity contribution >= 4 is 0 Å². The van der Waals surface area contributed by atoms with Gasteiger partial charge in [0.1, 0.15) is 0 Å². The van der Waals surface area contributed by atoms with Crippen molar-refractivity contribution in [2.75, 3.05) is 13.1 Å². The Morgan fingerprint density at radius 3 is 2.11 bits per heavy atom. The van der Waals surface area contributed by atoms with E-state index in [4.69, 9.17) is 0 Å². The molecule has 0 aliphatic heterocycles. The third-order valence-electron chi connectivity index (χ3n) is 3.05. The van der Waals surface area contributed by atoms with Gasteiger partial charge in [-0.15, -0.1) is 0 Å². The molecule has 0 fully saturated rings. The van der Waals surface area contributed by atoms with Gasteiger partial charge in [0.15, 0.2) is 0 Å². The van der Waals surface area contributed by atoms with Crippen molar-refractivity contribution in [3.8, 4) is 0 Å². The molecule has 0 spiro atoms. The van der Waals surface area contributed by atoms with Gasteiger partial charge in [-0.25, -0.2) is 0 Å². The molecule has 1 rings (SSSR count). The molecule has 0 amide bonds. The number of nitrogens with one attached hydrogen (secondary N) is 1. The van der Waals surface area contributed by atoms with Gasteiger partial charge in [0.05, 0.1) is 6.10 Å². The third-order valence-corrected chi connectivity index (χ3v) is 3.05. The summed E-state index contributed by atoms with van der Waals surface area (Å²) in [6, 6.07) is 8.57. The zero-order valence-electron chi connectivity index (χ0n) is 12.1. The topological polar surface area (TPSA) is 32.3 Å². The van der Waals surface area contributed by atoms with E-state index in [-0.39, 0.29) is 6.10 Å². The van der Waals surface area contributed by atoms with E-state index < -0.39 is 0 Å². The number of hydrogen-bond donors (Lipinski definition) is 2. The van der Waals surface area contributed by atoms with Crippen LogP contribution in [0.1, 0.15) is 44.7 Å². The molecule has 1 aromatic rings. The molecule has 0 saturated heterocycles. The van der Waals surface area contributed by atoms with Crippen LogP contribution < -0.4 is 5.32 Å². The Bertz CT molecular complexity index is 329. The lowest BCUT2D eigenvalue weighted by Crippen LogP contribution is -2.30. The van der Waals surface area contributed by atoms with Crippen LogP contribution in [0, 0.1) is 5.92 Å². The van der Waals surface area contributed by atoms with Gasteiger partial charge in [0.25, 0.3) is 0 Å². The van der Waals surface area contributed by atoms with Crippen LogP contribution >= 0.6 is 0 Å². The minimum Gasteiger partial charge on any atom is -0.391 e. The van der Waals surface area contributed by atoms with Crippen molar-refractivity contribution in [3.63, 3.8) is 0 Å². The highest BCUT2D eigenvalue weighted by Gasteiger charge is 2.06. The molecule has 0 aliphatic rings. The Labute approximate surface area is 111 Å². The summed E-state index contributed by atoms with van der Waals surface area (Å²) < 4.78 is 0.